The Kier molecular flexibility index (Phi) is 4.22. The van der Waals surface area contributed by atoms with E-state index in [0.29, 0.717) is 12.2 Å². The zero-order valence-corrected chi connectivity index (χ0v) is 13.6. The quantitative estimate of drug-likeness (QED) is 0.836. The minimum absolute atomic E-state index is 0.101. The number of ketones is 1. The van der Waals surface area contributed by atoms with Gasteiger partial charge < -0.3 is 10.8 Å². The Bertz CT molecular complexity index is 772. The molecule has 0 aliphatic rings. The second-order valence-corrected chi connectivity index (χ2v) is 6.23. The number of hydrogen-bond donors (Lipinski definition) is 2. The number of aromatic carboxylic acids is 1. The Morgan fingerprint density at radius 3 is 2.52 bits per heavy atom. The molecule has 0 saturated carbocycles. The standard InChI is InChI=1S/C16H20N4O3/c1-5-20-10(8-11(19-20)16(2,3)4)13(21)12-9(15(22)23)6-7-18-14(12)17/h6-8H,5H2,1-4H3,(H2,17,18)(H,22,23). The van der Waals surface area contributed by atoms with E-state index in [2.05, 4.69) is 10.1 Å². The topological polar surface area (TPSA) is 111 Å². The summed E-state index contributed by atoms with van der Waals surface area (Å²) in [6.07, 6.45) is 1.27. The number of hydrogen-bond acceptors (Lipinski definition) is 5. The van der Waals surface area contributed by atoms with Crippen molar-refractivity contribution < 1.29 is 14.7 Å². The number of nitrogens with two attached hydrogens (primary N) is 1. The summed E-state index contributed by atoms with van der Waals surface area (Å²) in [6, 6.07) is 2.95. The molecule has 2 aromatic heterocycles. The molecule has 0 fully saturated rings. The van der Waals surface area contributed by atoms with Gasteiger partial charge >= 0.3 is 5.97 Å². The maximum absolute atomic E-state index is 12.9. The molecule has 23 heavy (non-hydrogen) atoms. The fourth-order valence-electron chi connectivity index (χ4n) is 2.23. The number of nitrogen functional groups attached to an aromatic ring is 1. The second-order valence-electron chi connectivity index (χ2n) is 6.23. The van der Waals surface area contributed by atoms with Gasteiger partial charge in [0.15, 0.2) is 0 Å². The Balaban J connectivity index is 2.63. The number of carbonyl (C=O) groups is 2. The van der Waals surface area contributed by atoms with Crippen molar-refractivity contribution >= 4 is 17.6 Å². The fourth-order valence-corrected chi connectivity index (χ4v) is 2.23. The highest BCUT2D eigenvalue weighted by Gasteiger charge is 2.27. The first-order valence-corrected chi connectivity index (χ1v) is 7.27. The van der Waals surface area contributed by atoms with Crippen LogP contribution in [0.1, 0.15) is 59.8 Å². The normalized spacial score (nSPS) is 11.5. The molecule has 0 amide bonds. The molecule has 0 saturated heterocycles. The number of carbonyl (C=O) groups excluding carboxylic acids is 1. The number of nitrogens with zero attached hydrogens (tertiary/aromatic N) is 3. The third-order valence-corrected chi connectivity index (χ3v) is 3.52. The molecule has 0 bridgehead atoms. The third-order valence-electron chi connectivity index (χ3n) is 3.52. The molecule has 3 N–H and O–H groups in total. The van der Waals surface area contributed by atoms with E-state index in [0.717, 1.165) is 5.69 Å². The molecule has 7 nitrogen and oxygen atoms in total. The molecular formula is C16H20N4O3. The lowest BCUT2D eigenvalue weighted by atomic mass is 9.91. The van der Waals surface area contributed by atoms with Crippen LogP contribution < -0.4 is 5.73 Å². The number of rotatable bonds is 4. The van der Waals surface area contributed by atoms with E-state index in [9.17, 15) is 14.7 Å². The largest absolute Gasteiger partial charge is 0.478 e. The molecule has 2 heterocycles. The molecule has 2 rings (SSSR count). The predicted molar refractivity (Wildman–Crippen MR) is 85.6 cm³/mol. The maximum Gasteiger partial charge on any atom is 0.336 e. The first kappa shape index (κ1) is 16.7. The summed E-state index contributed by atoms with van der Waals surface area (Å²) in [5, 5.41) is 13.7. The predicted octanol–water partition coefficient (Wildman–Crippen LogP) is 2.11. The number of anilines is 1. The van der Waals surface area contributed by atoms with Gasteiger partial charge in [0.05, 0.1) is 16.8 Å². The molecular weight excluding hydrogens is 296 g/mol. The monoisotopic (exact) mass is 316 g/mol. The van der Waals surface area contributed by atoms with Crippen molar-refractivity contribution in [3.05, 3.63) is 40.8 Å². The van der Waals surface area contributed by atoms with Crippen molar-refractivity contribution in [3.63, 3.8) is 0 Å². The fraction of sp³-hybridized carbons (Fsp3) is 0.375. The molecule has 7 heteroatoms. The van der Waals surface area contributed by atoms with Gasteiger partial charge in [-0.3, -0.25) is 9.48 Å². The Labute approximate surface area is 134 Å². The van der Waals surface area contributed by atoms with Gasteiger partial charge in [-0.25, -0.2) is 9.78 Å². The van der Waals surface area contributed by atoms with Crippen LogP contribution in [0.3, 0.4) is 0 Å². The summed E-state index contributed by atoms with van der Waals surface area (Å²) in [6.45, 7) is 8.32. The van der Waals surface area contributed by atoms with Gasteiger partial charge in [-0.05, 0) is 19.1 Å². The molecule has 0 atom stereocenters. The lowest BCUT2D eigenvalue weighted by Gasteiger charge is -2.13. The smallest absolute Gasteiger partial charge is 0.336 e. The molecule has 0 unspecified atom stereocenters. The number of carboxylic acids is 1. The van der Waals surface area contributed by atoms with E-state index in [-0.39, 0.29) is 22.4 Å². The highest BCUT2D eigenvalue weighted by molar-refractivity contribution is 6.16. The molecule has 0 spiro atoms. The molecule has 2 aromatic rings. The summed E-state index contributed by atoms with van der Waals surface area (Å²) in [5.74, 6) is -1.81. The van der Waals surface area contributed by atoms with Crippen molar-refractivity contribution in [2.75, 3.05) is 5.73 Å². The molecule has 0 aromatic carbocycles. The summed E-state index contributed by atoms with van der Waals surface area (Å²) in [7, 11) is 0. The maximum atomic E-state index is 12.9. The first-order valence-electron chi connectivity index (χ1n) is 7.27. The molecule has 0 aliphatic carbocycles. The number of aryl methyl sites for hydroxylation is 1. The minimum atomic E-state index is -1.22. The van der Waals surface area contributed by atoms with E-state index in [1.807, 2.05) is 27.7 Å². The van der Waals surface area contributed by atoms with Gasteiger partial charge in [0.2, 0.25) is 5.78 Å². The Morgan fingerprint density at radius 1 is 1.35 bits per heavy atom. The van der Waals surface area contributed by atoms with Gasteiger partial charge in [-0.1, -0.05) is 20.8 Å². The summed E-state index contributed by atoms with van der Waals surface area (Å²) >= 11 is 0. The zero-order chi connectivity index (χ0) is 17.4. The van der Waals surface area contributed by atoms with Gasteiger partial charge in [-0.15, -0.1) is 0 Å². The van der Waals surface area contributed by atoms with Crippen molar-refractivity contribution in [2.45, 2.75) is 39.7 Å². The van der Waals surface area contributed by atoms with Crippen LogP contribution >= 0.6 is 0 Å². The minimum Gasteiger partial charge on any atom is -0.478 e. The number of pyridine rings is 1. The number of aromatic nitrogens is 3. The summed E-state index contributed by atoms with van der Waals surface area (Å²) < 4.78 is 1.56. The van der Waals surface area contributed by atoms with Gasteiger partial charge in [0.25, 0.3) is 0 Å². The number of carboxylic acid groups (broad SMARTS) is 1. The molecule has 0 aliphatic heterocycles. The zero-order valence-electron chi connectivity index (χ0n) is 13.6. The van der Waals surface area contributed by atoms with Crippen molar-refractivity contribution in [2.24, 2.45) is 0 Å². The lowest BCUT2D eigenvalue weighted by molar-refractivity contribution is 0.0692. The van der Waals surface area contributed by atoms with Crippen molar-refractivity contribution in [3.8, 4) is 0 Å². The van der Waals surface area contributed by atoms with E-state index < -0.39 is 11.8 Å². The van der Waals surface area contributed by atoms with E-state index in [4.69, 9.17) is 5.73 Å². The van der Waals surface area contributed by atoms with Crippen LogP contribution in [0.4, 0.5) is 5.82 Å². The highest BCUT2D eigenvalue weighted by Crippen LogP contribution is 2.25. The van der Waals surface area contributed by atoms with Crippen LogP contribution in [0.5, 0.6) is 0 Å². The SMILES string of the molecule is CCn1nc(C(C)(C)C)cc1C(=O)c1c(C(=O)O)ccnc1N. The van der Waals surface area contributed by atoms with Gasteiger partial charge in [0, 0.05) is 18.2 Å². The third kappa shape index (κ3) is 3.08. The highest BCUT2D eigenvalue weighted by atomic mass is 16.4. The average Bonchev–Trinajstić information content (AvgIpc) is 2.90. The Morgan fingerprint density at radius 2 is 2.00 bits per heavy atom. The van der Waals surface area contributed by atoms with Crippen LogP contribution in [-0.4, -0.2) is 31.6 Å². The van der Waals surface area contributed by atoms with Gasteiger partial charge in [0.1, 0.15) is 11.5 Å². The van der Waals surface area contributed by atoms with E-state index >= 15 is 0 Å². The Hall–Kier alpha value is -2.70. The molecule has 0 radical (unpaired) electrons. The van der Waals surface area contributed by atoms with Crippen LogP contribution in [0.25, 0.3) is 0 Å². The summed E-state index contributed by atoms with van der Waals surface area (Å²) in [5.41, 5.74) is 6.32. The summed E-state index contributed by atoms with van der Waals surface area (Å²) in [4.78, 5) is 28.1. The average molecular weight is 316 g/mol. The van der Waals surface area contributed by atoms with Crippen LogP contribution in [-0.2, 0) is 12.0 Å². The van der Waals surface area contributed by atoms with E-state index in [1.165, 1.54) is 12.3 Å². The first-order chi connectivity index (χ1) is 10.7. The van der Waals surface area contributed by atoms with Crippen LogP contribution in [0.15, 0.2) is 18.3 Å². The lowest BCUT2D eigenvalue weighted by Crippen LogP contribution is -2.17. The van der Waals surface area contributed by atoms with Gasteiger partial charge in [-0.2, -0.15) is 5.10 Å². The van der Waals surface area contributed by atoms with Crippen molar-refractivity contribution in [1.82, 2.24) is 14.8 Å². The van der Waals surface area contributed by atoms with Crippen LogP contribution in [0.2, 0.25) is 0 Å². The van der Waals surface area contributed by atoms with Crippen LogP contribution in [0, 0.1) is 0 Å². The second kappa shape index (κ2) is 5.83. The van der Waals surface area contributed by atoms with E-state index in [1.54, 1.807) is 10.7 Å². The molecule has 122 valence electrons. The van der Waals surface area contributed by atoms with Crippen molar-refractivity contribution in [1.29, 1.82) is 0 Å².